The summed E-state index contributed by atoms with van der Waals surface area (Å²) in [5.74, 6) is 0.457. The molecule has 4 rings (SSSR count). The quantitative estimate of drug-likeness (QED) is 0.771. The van der Waals surface area contributed by atoms with E-state index in [2.05, 4.69) is 72.4 Å². The fourth-order valence-electron chi connectivity index (χ4n) is 4.10. The van der Waals surface area contributed by atoms with Crippen LogP contribution in [0.25, 0.3) is 0 Å². The molecule has 0 aliphatic carbocycles. The molecular weight excluding hydrogens is 284 g/mol. The smallest absolute Gasteiger partial charge is 0.152 e. The van der Waals surface area contributed by atoms with Gasteiger partial charge in [-0.3, -0.25) is 0 Å². The van der Waals surface area contributed by atoms with Crippen LogP contribution in [0.1, 0.15) is 31.7 Å². The maximum Gasteiger partial charge on any atom is 0.152 e. The molecule has 2 aliphatic heterocycles. The summed E-state index contributed by atoms with van der Waals surface area (Å²) in [5.41, 5.74) is 3.54. The number of anilines is 2. The molecule has 0 saturated carbocycles. The number of hydrogen-bond donors (Lipinski definition) is 0. The van der Waals surface area contributed by atoms with Crippen LogP contribution in [0.2, 0.25) is 0 Å². The van der Waals surface area contributed by atoms with E-state index in [-0.39, 0.29) is 11.7 Å². The molecule has 23 heavy (non-hydrogen) atoms. The molecule has 0 fully saturated rings. The number of benzene rings is 2. The van der Waals surface area contributed by atoms with Crippen molar-refractivity contribution in [2.75, 3.05) is 17.0 Å². The first kappa shape index (κ1) is 14.2. The molecule has 0 bridgehead atoms. The average molecular weight is 306 g/mol. The highest BCUT2D eigenvalue weighted by Gasteiger charge is 2.49. The summed E-state index contributed by atoms with van der Waals surface area (Å²) in [4.78, 5) is 2.34. The van der Waals surface area contributed by atoms with Crippen LogP contribution < -0.4 is 9.91 Å². The normalized spacial score (nSPS) is 29.2. The van der Waals surface area contributed by atoms with Crippen LogP contribution in [-0.4, -0.2) is 18.8 Å². The summed E-state index contributed by atoms with van der Waals surface area (Å²) in [6.45, 7) is 4.52. The van der Waals surface area contributed by atoms with Crippen LogP contribution in [0.4, 0.5) is 11.4 Å². The third-order valence-electron chi connectivity index (χ3n) is 5.11. The Labute approximate surface area is 137 Å². The lowest BCUT2D eigenvalue weighted by Gasteiger charge is -2.38. The molecule has 4 nitrogen and oxygen atoms in total. The standard InChI is InChI=1S/C19H22N4/c1-14-13-19(2)18(22(3)17-12-8-7-11-16(14)17)23(21-20-19)15-9-5-4-6-10-15/h4-12,14,18H,13H2,1-3H3/t14-,18+,19+/m1/s1. The van der Waals surface area contributed by atoms with E-state index in [4.69, 9.17) is 5.11 Å². The maximum atomic E-state index is 4.70. The van der Waals surface area contributed by atoms with Crippen LogP contribution in [-0.2, 0) is 0 Å². The molecule has 0 saturated heterocycles. The Morgan fingerprint density at radius 2 is 1.74 bits per heavy atom. The van der Waals surface area contributed by atoms with Crippen molar-refractivity contribution in [1.82, 2.24) is 0 Å². The summed E-state index contributed by atoms with van der Waals surface area (Å²) < 4.78 is 0. The fourth-order valence-corrected chi connectivity index (χ4v) is 4.10. The molecule has 0 spiro atoms. The summed E-state index contributed by atoms with van der Waals surface area (Å²) in [7, 11) is 2.16. The molecule has 2 heterocycles. The number of para-hydroxylation sites is 2. The van der Waals surface area contributed by atoms with Crippen LogP contribution >= 0.6 is 0 Å². The molecule has 3 atom stereocenters. The zero-order chi connectivity index (χ0) is 16.0. The van der Waals surface area contributed by atoms with Gasteiger partial charge in [0.25, 0.3) is 0 Å². The molecule has 0 radical (unpaired) electrons. The fraction of sp³-hybridized carbons (Fsp3) is 0.368. The van der Waals surface area contributed by atoms with Gasteiger partial charge in [0.2, 0.25) is 0 Å². The monoisotopic (exact) mass is 306 g/mol. The van der Waals surface area contributed by atoms with Crippen molar-refractivity contribution in [1.29, 1.82) is 0 Å². The van der Waals surface area contributed by atoms with E-state index >= 15 is 0 Å². The number of nitrogens with zero attached hydrogens (tertiary/aromatic N) is 4. The third-order valence-corrected chi connectivity index (χ3v) is 5.11. The van der Waals surface area contributed by atoms with Crippen molar-refractivity contribution in [3.8, 4) is 0 Å². The Balaban J connectivity index is 1.83. The third kappa shape index (κ3) is 2.12. The van der Waals surface area contributed by atoms with Crippen LogP contribution in [0.15, 0.2) is 64.9 Å². The minimum Gasteiger partial charge on any atom is -0.350 e. The van der Waals surface area contributed by atoms with Crippen LogP contribution in [0, 0.1) is 0 Å². The number of likely N-dealkylation sites (N-methyl/N-ethyl adjacent to an activating group) is 1. The first-order valence-corrected chi connectivity index (χ1v) is 8.19. The van der Waals surface area contributed by atoms with Gasteiger partial charge in [-0.1, -0.05) is 48.5 Å². The van der Waals surface area contributed by atoms with Crippen molar-refractivity contribution in [2.24, 2.45) is 10.3 Å². The molecule has 0 amide bonds. The van der Waals surface area contributed by atoms with Crippen LogP contribution in [0.3, 0.4) is 0 Å². The van der Waals surface area contributed by atoms with Gasteiger partial charge in [-0.25, -0.2) is 5.01 Å². The van der Waals surface area contributed by atoms with Gasteiger partial charge in [0.1, 0.15) is 5.54 Å². The largest absolute Gasteiger partial charge is 0.350 e. The van der Waals surface area contributed by atoms with E-state index in [1.165, 1.54) is 11.3 Å². The number of rotatable bonds is 1. The Morgan fingerprint density at radius 3 is 2.52 bits per heavy atom. The predicted molar refractivity (Wildman–Crippen MR) is 93.8 cm³/mol. The lowest BCUT2D eigenvalue weighted by atomic mass is 9.86. The van der Waals surface area contributed by atoms with Gasteiger partial charge < -0.3 is 4.90 Å². The summed E-state index contributed by atoms with van der Waals surface area (Å²) in [6.07, 6.45) is 1.09. The minimum atomic E-state index is -0.219. The zero-order valence-corrected chi connectivity index (χ0v) is 13.8. The van der Waals surface area contributed by atoms with Crippen molar-refractivity contribution in [2.45, 2.75) is 37.9 Å². The highest BCUT2D eigenvalue weighted by atomic mass is 15.7. The van der Waals surface area contributed by atoms with Crippen molar-refractivity contribution >= 4 is 11.4 Å². The SMILES string of the molecule is C[C@@H]1C[C@]2(C)N=NN(c3ccccc3)[C@@H]2N(C)c2ccccc21. The summed E-state index contributed by atoms with van der Waals surface area (Å²) in [5, 5.41) is 11.3. The molecular formula is C19H22N4. The molecule has 4 heteroatoms. The first-order chi connectivity index (χ1) is 11.1. The molecule has 118 valence electrons. The van der Waals surface area contributed by atoms with Gasteiger partial charge in [0.05, 0.1) is 5.69 Å². The maximum absolute atomic E-state index is 4.70. The van der Waals surface area contributed by atoms with E-state index < -0.39 is 0 Å². The van der Waals surface area contributed by atoms with Gasteiger partial charge in [0, 0.05) is 12.7 Å². The van der Waals surface area contributed by atoms with Crippen LogP contribution in [0.5, 0.6) is 0 Å². The topological polar surface area (TPSA) is 31.2 Å². The lowest BCUT2D eigenvalue weighted by Crippen LogP contribution is -2.53. The van der Waals surface area contributed by atoms with Gasteiger partial charge in [-0.2, -0.15) is 5.11 Å². The van der Waals surface area contributed by atoms with Gasteiger partial charge in [-0.15, -0.1) is 0 Å². The predicted octanol–water partition coefficient (Wildman–Crippen LogP) is 4.60. The van der Waals surface area contributed by atoms with E-state index in [1.54, 1.807) is 0 Å². The molecule has 2 aliphatic rings. The lowest BCUT2D eigenvalue weighted by molar-refractivity contribution is 0.362. The molecule has 2 aromatic rings. The Hall–Kier alpha value is -2.36. The second kappa shape index (κ2) is 5.08. The van der Waals surface area contributed by atoms with E-state index in [9.17, 15) is 0 Å². The van der Waals surface area contributed by atoms with Gasteiger partial charge in [-0.05, 0) is 43.0 Å². The molecule has 0 N–H and O–H groups in total. The van der Waals surface area contributed by atoms with E-state index in [1.807, 2.05) is 18.2 Å². The summed E-state index contributed by atoms with van der Waals surface area (Å²) in [6, 6.07) is 19.0. The Bertz CT molecular complexity index is 742. The Kier molecular flexibility index (Phi) is 3.15. The van der Waals surface area contributed by atoms with Gasteiger partial charge >= 0.3 is 0 Å². The summed E-state index contributed by atoms with van der Waals surface area (Å²) >= 11 is 0. The molecule has 0 unspecified atom stereocenters. The zero-order valence-electron chi connectivity index (χ0n) is 13.8. The van der Waals surface area contributed by atoms with Gasteiger partial charge in [0.15, 0.2) is 6.17 Å². The van der Waals surface area contributed by atoms with Crippen molar-refractivity contribution in [3.63, 3.8) is 0 Å². The second-order valence-electron chi connectivity index (χ2n) is 6.88. The highest BCUT2D eigenvalue weighted by Crippen LogP contribution is 2.46. The highest BCUT2D eigenvalue weighted by molar-refractivity contribution is 5.61. The molecule has 2 aromatic carbocycles. The van der Waals surface area contributed by atoms with Crippen molar-refractivity contribution < 1.29 is 0 Å². The average Bonchev–Trinajstić information content (AvgIpc) is 2.88. The van der Waals surface area contributed by atoms with Crippen molar-refractivity contribution in [3.05, 3.63) is 60.2 Å². The molecule has 0 aromatic heterocycles. The number of fused-ring (bicyclic) bond motifs is 2. The van der Waals surface area contributed by atoms with E-state index in [0.717, 1.165) is 12.1 Å². The van der Waals surface area contributed by atoms with E-state index in [0.29, 0.717) is 5.92 Å². The first-order valence-electron chi connectivity index (χ1n) is 8.19. The minimum absolute atomic E-state index is 0.0935. The Morgan fingerprint density at radius 1 is 1.04 bits per heavy atom. The number of hydrogen-bond acceptors (Lipinski definition) is 4. The second-order valence-corrected chi connectivity index (χ2v) is 6.88.